The number of carbonyl (C=O) groups is 4. The van der Waals surface area contributed by atoms with Crippen molar-refractivity contribution in [1.82, 2.24) is 10.2 Å². The second-order valence-corrected chi connectivity index (χ2v) is 10.6. The smallest absolute Gasteiger partial charge is 0.408 e. The van der Waals surface area contributed by atoms with E-state index in [0.717, 1.165) is 27.2 Å². The van der Waals surface area contributed by atoms with Gasteiger partial charge in [-0.2, -0.15) is 0 Å². The fourth-order valence-corrected chi connectivity index (χ4v) is 4.14. The quantitative estimate of drug-likeness (QED) is 0.363. The van der Waals surface area contributed by atoms with Gasteiger partial charge in [-0.05, 0) is 76.3 Å². The number of rotatable bonds is 10. The summed E-state index contributed by atoms with van der Waals surface area (Å²) in [4.78, 5) is 53.3. The Kier molecular flexibility index (Phi) is 10.6. The SMILES string of the molecule is Cc1ccc(C(C(=O)Nc2c(C)cccc2C)N(CCO)C(=O)C(CC(N)=O)NC(=O)OC(C)(C)C)cc1C. The number of primary amides is 1. The standard InChI is InChI=1S/C29H40N4O6/c1-17-11-12-21(15-20(17)4)25(26(36)32-24-18(2)9-8-10-19(24)3)33(13-14-34)27(37)22(16-23(30)35)31-28(38)39-29(5,6)7/h8-12,15,22,25,34H,13-14,16H2,1-7H3,(H2,30,35)(H,31,38)(H,32,36). The van der Waals surface area contributed by atoms with Crippen molar-refractivity contribution in [2.24, 2.45) is 5.73 Å². The molecule has 2 aromatic rings. The van der Waals surface area contributed by atoms with Crippen molar-refractivity contribution in [2.45, 2.75) is 72.6 Å². The van der Waals surface area contributed by atoms with Crippen LogP contribution >= 0.6 is 0 Å². The number of para-hydroxylation sites is 1. The third-order valence-corrected chi connectivity index (χ3v) is 6.15. The number of aryl methyl sites for hydroxylation is 4. The molecule has 4 amide bonds. The summed E-state index contributed by atoms with van der Waals surface area (Å²) in [6.07, 6.45) is -1.45. The number of nitrogens with zero attached hydrogens (tertiary/aromatic N) is 1. The average Bonchev–Trinajstić information content (AvgIpc) is 2.81. The second-order valence-electron chi connectivity index (χ2n) is 10.6. The first kappa shape index (κ1) is 31.3. The number of aliphatic hydroxyl groups is 1. The molecular formula is C29H40N4O6. The maximum Gasteiger partial charge on any atom is 0.408 e. The normalized spacial score (nSPS) is 12.7. The molecule has 0 aliphatic carbocycles. The molecule has 10 heteroatoms. The molecule has 0 aliphatic heterocycles. The molecule has 2 rings (SSSR count). The summed E-state index contributed by atoms with van der Waals surface area (Å²) in [5.74, 6) is -2.13. The van der Waals surface area contributed by atoms with Gasteiger partial charge in [0.25, 0.3) is 5.91 Å². The highest BCUT2D eigenvalue weighted by Gasteiger charge is 2.37. The molecule has 0 aliphatic rings. The van der Waals surface area contributed by atoms with Crippen LogP contribution in [0.15, 0.2) is 36.4 Å². The van der Waals surface area contributed by atoms with Crippen LogP contribution in [0.4, 0.5) is 10.5 Å². The monoisotopic (exact) mass is 540 g/mol. The fourth-order valence-electron chi connectivity index (χ4n) is 4.14. The van der Waals surface area contributed by atoms with Gasteiger partial charge < -0.3 is 31.1 Å². The Labute approximate surface area is 229 Å². The summed E-state index contributed by atoms with van der Waals surface area (Å²) in [5, 5.41) is 15.3. The molecule has 0 bridgehead atoms. The first-order valence-electron chi connectivity index (χ1n) is 12.8. The molecule has 0 heterocycles. The molecular weight excluding hydrogens is 500 g/mol. The van der Waals surface area contributed by atoms with E-state index in [1.54, 1.807) is 32.9 Å². The van der Waals surface area contributed by atoms with E-state index in [9.17, 15) is 24.3 Å². The van der Waals surface area contributed by atoms with Crippen LogP contribution in [-0.4, -0.2) is 58.6 Å². The van der Waals surface area contributed by atoms with Gasteiger partial charge in [0.05, 0.1) is 13.0 Å². The molecule has 2 aromatic carbocycles. The van der Waals surface area contributed by atoms with Gasteiger partial charge in [-0.3, -0.25) is 14.4 Å². The summed E-state index contributed by atoms with van der Waals surface area (Å²) in [6, 6.07) is 8.34. The zero-order chi connectivity index (χ0) is 29.5. The summed E-state index contributed by atoms with van der Waals surface area (Å²) in [5.41, 5.74) is 9.20. The minimum atomic E-state index is -1.43. The van der Waals surface area contributed by atoms with Crippen molar-refractivity contribution in [1.29, 1.82) is 0 Å². The van der Waals surface area contributed by atoms with Crippen LogP contribution in [0.5, 0.6) is 0 Å². The van der Waals surface area contributed by atoms with Crippen LogP contribution in [0.25, 0.3) is 0 Å². The summed E-state index contributed by atoms with van der Waals surface area (Å²) >= 11 is 0. The minimum Gasteiger partial charge on any atom is -0.444 e. The largest absolute Gasteiger partial charge is 0.444 e. The molecule has 0 radical (unpaired) electrons. The van der Waals surface area contributed by atoms with Crippen LogP contribution in [0.1, 0.15) is 61.1 Å². The number of amides is 4. The molecule has 10 nitrogen and oxygen atoms in total. The summed E-state index contributed by atoms with van der Waals surface area (Å²) in [6.45, 7) is 11.8. The fraction of sp³-hybridized carbons (Fsp3) is 0.448. The van der Waals surface area contributed by atoms with Crippen LogP contribution in [-0.2, 0) is 19.1 Å². The van der Waals surface area contributed by atoms with Gasteiger partial charge in [0.1, 0.15) is 17.7 Å². The van der Waals surface area contributed by atoms with Crippen molar-refractivity contribution in [3.63, 3.8) is 0 Å². The van der Waals surface area contributed by atoms with Crippen molar-refractivity contribution < 1.29 is 29.0 Å². The Morgan fingerprint density at radius 1 is 0.974 bits per heavy atom. The predicted octanol–water partition coefficient (Wildman–Crippen LogP) is 3.19. The van der Waals surface area contributed by atoms with E-state index in [1.807, 2.05) is 52.0 Å². The lowest BCUT2D eigenvalue weighted by molar-refractivity contribution is -0.142. The molecule has 212 valence electrons. The number of alkyl carbamates (subject to hydrolysis) is 1. The predicted molar refractivity (Wildman–Crippen MR) is 149 cm³/mol. The Morgan fingerprint density at radius 2 is 1.59 bits per heavy atom. The lowest BCUT2D eigenvalue weighted by atomic mass is 9.97. The van der Waals surface area contributed by atoms with Crippen LogP contribution in [0.3, 0.4) is 0 Å². The Balaban J connectivity index is 2.58. The lowest BCUT2D eigenvalue weighted by Gasteiger charge is -2.34. The number of hydrogen-bond acceptors (Lipinski definition) is 6. The third-order valence-electron chi connectivity index (χ3n) is 6.15. The third kappa shape index (κ3) is 8.81. The van der Waals surface area contributed by atoms with Gasteiger partial charge >= 0.3 is 6.09 Å². The van der Waals surface area contributed by atoms with Crippen LogP contribution in [0.2, 0.25) is 0 Å². The number of anilines is 1. The van der Waals surface area contributed by atoms with Gasteiger partial charge in [-0.1, -0.05) is 36.4 Å². The number of aliphatic hydroxyl groups excluding tert-OH is 1. The Hall–Kier alpha value is -3.92. The molecule has 0 spiro atoms. The number of nitrogens with one attached hydrogen (secondary N) is 2. The molecule has 0 aromatic heterocycles. The highest BCUT2D eigenvalue weighted by Crippen LogP contribution is 2.28. The van der Waals surface area contributed by atoms with Gasteiger partial charge in [-0.15, -0.1) is 0 Å². The lowest BCUT2D eigenvalue weighted by Crippen LogP contribution is -2.54. The van der Waals surface area contributed by atoms with E-state index in [0.29, 0.717) is 11.3 Å². The van der Waals surface area contributed by atoms with Gasteiger partial charge in [0.15, 0.2) is 0 Å². The molecule has 0 fully saturated rings. The van der Waals surface area contributed by atoms with Gasteiger partial charge in [0.2, 0.25) is 11.8 Å². The zero-order valence-corrected chi connectivity index (χ0v) is 23.8. The number of ether oxygens (including phenoxy) is 1. The molecule has 5 N–H and O–H groups in total. The van der Waals surface area contributed by atoms with E-state index in [-0.39, 0.29) is 6.54 Å². The maximum absolute atomic E-state index is 13.9. The van der Waals surface area contributed by atoms with Gasteiger partial charge in [0, 0.05) is 12.2 Å². The highest BCUT2D eigenvalue weighted by atomic mass is 16.6. The van der Waals surface area contributed by atoms with E-state index in [1.165, 1.54) is 0 Å². The molecule has 0 saturated carbocycles. The topological polar surface area (TPSA) is 151 Å². The number of hydrogen-bond donors (Lipinski definition) is 4. The zero-order valence-electron chi connectivity index (χ0n) is 23.8. The van der Waals surface area contributed by atoms with E-state index >= 15 is 0 Å². The number of carbonyl (C=O) groups excluding carboxylic acids is 4. The van der Waals surface area contributed by atoms with Crippen molar-refractivity contribution in [2.75, 3.05) is 18.5 Å². The van der Waals surface area contributed by atoms with Crippen molar-refractivity contribution in [3.05, 3.63) is 64.2 Å². The van der Waals surface area contributed by atoms with E-state index in [2.05, 4.69) is 10.6 Å². The molecule has 2 atom stereocenters. The molecule has 39 heavy (non-hydrogen) atoms. The Morgan fingerprint density at radius 3 is 2.10 bits per heavy atom. The average molecular weight is 541 g/mol. The van der Waals surface area contributed by atoms with Crippen LogP contribution in [0, 0.1) is 27.7 Å². The molecule has 2 unspecified atom stereocenters. The first-order valence-corrected chi connectivity index (χ1v) is 12.8. The van der Waals surface area contributed by atoms with Crippen molar-refractivity contribution >= 4 is 29.5 Å². The number of benzene rings is 2. The summed E-state index contributed by atoms with van der Waals surface area (Å²) < 4.78 is 5.26. The second kappa shape index (κ2) is 13.2. The maximum atomic E-state index is 13.9. The first-order chi connectivity index (χ1) is 18.1. The van der Waals surface area contributed by atoms with Gasteiger partial charge in [-0.25, -0.2) is 4.79 Å². The minimum absolute atomic E-state index is 0.248. The number of nitrogens with two attached hydrogens (primary N) is 1. The molecule has 0 saturated heterocycles. The Bertz CT molecular complexity index is 1200. The van der Waals surface area contributed by atoms with Crippen molar-refractivity contribution in [3.8, 4) is 0 Å². The highest BCUT2D eigenvalue weighted by molar-refractivity contribution is 6.00. The van der Waals surface area contributed by atoms with Crippen LogP contribution < -0.4 is 16.4 Å². The summed E-state index contributed by atoms with van der Waals surface area (Å²) in [7, 11) is 0. The van der Waals surface area contributed by atoms with E-state index in [4.69, 9.17) is 10.5 Å². The van der Waals surface area contributed by atoms with E-state index < -0.39 is 54.5 Å².